The number of nitrogens with two attached hydrogens (primary N) is 1. The number of hydrogen-bond acceptors (Lipinski definition) is 5. The highest BCUT2D eigenvalue weighted by molar-refractivity contribution is 5.63. The summed E-state index contributed by atoms with van der Waals surface area (Å²) in [5, 5.41) is 3.91. The maximum atomic E-state index is 5.85. The Morgan fingerprint density at radius 3 is 2.82 bits per heavy atom. The summed E-state index contributed by atoms with van der Waals surface area (Å²) in [5.41, 5.74) is 8.46. The number of aromatic nitrogens is 2. The highest BCUT2D eigenvalue weighted by Crippen LogP contribution is 2.23. The van der Waals surface area contributed by atoms with Gasteiger partial charge in [0.05, 0.1) is 0 Å². The first-order valence-corrected chi connectivity index (χ1v) is 5.53. The molecule has 2 N–H and O–H groups in total. The van der Waals surface area contributed by atoms with Crippen LogP contribution in [-0.4, -0.2) is 23.7 Å². The summed E-state index contributed by atoms with van der Waals surface area (Å²) >= 11 is 0. The monoisotopic (exact) mass is 232 g/mol. The van der Waals surface area contributed by atoms with Crippen molar-refractivity contribution in [3.8, 4) is 11.5 Å². The Morgan fingerprint density at radius 2 is 2.18 bits per heavy atom. The van der Waals surface area contributed by atoms with Crippen molar-refractivity contribution in [3.05, 3.63) is 23.8 Å². The summed E-state index contributed by atoms with van der Waals surface area (Å²) in [7, 11) is 1.91. The van der Waals surface area contributed by atoms with Crippen molar-refractivity contribution in [1.29, 1.82) is 0 Å². The largest absolute Gasteiger partial charge is 0.398 e. The SMILES string of the molecule is CCN(C)c1noc(-c2ccc(C)c(N)c2)n1. The van der Waals surface area contributed by atoms with Gasteiger partial charge in [-0.2, -0.15) is 4.98 Å². The van der Waals surface area contributed by atoms with Gasteiger partial charge in [0.15, 0.2) is 0 Å². The maximum Gasteiger partial charge on any atom is 0.266 e. The van der Waals surface area contributed by atoms with Crippen LogP contribution in [0.3, 0.4) is 0 Å². The Kier molecular flexibility index (Phi) is 2.99. The first-order chi connectivity index (χ1) is 8.11. The van der Waals surface area contributed by atoms with Gasteiger partial charge >= 0.3 is 0 Å². The normalized spacial score (nSPS) is 10.5. The van der Waals surface area contributed by atoms with Crippen LogP contribution in [0.4, 0.5) is 11.6 Å². The van der Waals surface area contributed by atoms with Gasteiger partial charge in [-0.1, -0.05) is 6.07 Å². The summed E-state index contributed by atoms with van der Waals surface area (Å²) in [6.45, 7) is 4.82. The van der Waals surface area contributed by atoms with E-state index >= 15 is 0 Å². The number of hydrogen-bond donors (Lipinski definition) is 1. The van der Waals surface area contributed by atoms with Crippen molar-refractivity contribution in [2.45, 2.75) is 13.8 Å². The molecule has 1 aromatic heterocycles. The summed E-state index contributed by atoms with van der Waals surface area (Å²) in [4.78, 5) is 6.22. The average Bonchev–Trinajstić information content (AvgIpc) is 2.81. The molecular weight excluding hydrogens is 216 g/mol. The van der Waals surface area contributed by atoms with E-state index in [1.807, 2.05) is 44.0 Å². The first-order valence-electron chi connectivity index (χ1n) is 5.53. The molecule has 0 radical (unpaired) electrons. The number of anilines is 2. The summed E-state index contributed by atoms with van der Waals surface area (Å²) < 4.78 is 5.21. The van der Waals surface area contributed by atoms with E-state index in [2.05, 4.69) is 10.1 Å². The van der Waals surface area contributed by atoms with Gasteiger partial charge in [-0.05, 0) is 36.7 Å². The van der Waals surface area contributed by atoms with Gasteiger partial charge in [-0.25, -0.2) is 0 Å². The lowest BCUT2D eigenvalue weighted by molar-refractivity contribution is 0.430. The van der Waals surface area contributed by atoms with Gasteiger partial charge in [0.25, 0.3) is 11.8 Å². The minimum Gasteiger partial charge on any atom is -0.398 e. The predicted octanol–water partition coefficient (Wildman–Crippen LogP) is 2.08. The van der Waals surface area contributed by atoms with Crippen LogP contribution in [0.25, 0.3) is 11.5 Å². The lowest BCUT2D eigenvalue weighted by Crippen LogP contribution is -2.16. The van der Waals surface area contributed by atoms with Crippen molar-refractivity contribution in [2.75, 3.05) is 24.2 Å². The summed E-state index contributed by atoms with van der Waals surface area (Å²) in [6.07, 6.45) is 0. The number of rotatable bonds is 3. The zero-order valence-corrected chi connectivity index (χ0v) is 10.3. The van der Waals surface area contributed by atoms with Crippen LogP contribution in [0, 0.1) is 6.92 Å². The van der Waals surface area contributed by atoms with E-state index in [1.54, 1.807) is 0 Å². The van der Waals surface area contributed by atoms with Crippen molar-refractivity contribution in [2.24, 2.45) is 0 Å². The van der Waals surface area contributed by atoms with E-state index in [9.17, 15) is 0 Å². The molecular formula is C12H16N4O. The Morgan fingerprint density at radius 1 is 1.41 bits per heavy atom. The molecule has 0 aliphatic rings. The molecule has 0 aliphatic carbocycles. The molecule has 0 saturated heterocycles. The minimum atomic E-state index is 0.493. The highest BCUT2D eigenvalue weighted by atomic mass is 16.5. The average molecular weight is 232 g/mol. The lowest BCUT2D eigenvalue weighted by atomic mass is 10.1. The fourth-order valence-corrected chi connectivity index (χ4v) is 1.40. The lowest BCUT2D eigenvalue weighted by Gasteiger charge is -2.08. The Bertz CT molecular complexity index is 521. The van der Waals surface area contributed by atoms with Gasteiger partial charge in [0.2, 0.25) is 0 Å². The van der Waals surface area contributed by atoms with Gasteiger partial charge in [0, 0.05) is 24.8 Å². The van der Waals surface area contributed by atoms with Gasteiger partial charge in [0.1, 0.15) is 0 Å². The molecule has 17 heavy (non-hydrogen) atoms. The molecule has 1 heterocycles. The van der Waals surface area contributed by atoms with Gasteiger partial charge < -0.3 is 15.2 Å². The fraction of sp³-hybridized carbons (Fsp3) is 0.333. The van der Waals surface area contributed by atoms with Crippen LogP contribution < -0.4 is 10.6 Å². The van der Waals surface area contributed by atoms with Crippen molar-refractivity contribution < 1.29 is 4.52 Å². The standard InChI is InChI=1S/C12H16N4O/c1-4-16(3)12-14-11(17-15-12)9-6-5-8(2)10(13)7-9/h5-7H,4,13H2,1-3H3. The molecule has 0 amide bonds. The van der Waals surface area contributed by atoms with Crippen molar-refractivity contribution >= 4 is 11.6 Å². The fourth-order valence-electron chi connectivity index (χ4n) is 1.40. The Hall–Kier alpha value is -2.04. The smallest absolute Gasteiger partial charge is 0.266 e. The van der Waals surface area contributed by atoms with Crippen LogP contribution in [-0.2, 0) is 0 Å². The number of aryl methyl sites for hydroxylation is 1. The third-order valence-electron chi connectivity index (χ3n) is 2.76. The van der Waals surface area contributed by atoms with Crippen LogP contribution in [0.5, 0.6) is 0 Å². The topological polar surface area (TPSA) is 68.2 Å². The molecule has 2 aromatic rings. The van der Waals surface area contributed by atoms with Crippen molar-refractivity contribution in [3.63, 3.8) is 0 Å². The zero-order valence-electron chi connectivity index (χ0n) is 10.3. The van der Waals surface area contributed by atoms with Crippen LogP contribution in [0.2, 0.25) is 0 Å². The Labute approximate surface area is 100 Å². The quantitative estimate of drug-likeness (QED) is 0.820. The molecule has 0 atom stereocenters. The van der Waals surface area contributed by atoms with E-state index < -0.39 is 0 Å². The van der Waals surface area contributed by atoms with Crippen molar-refractivity contribution in [1.82, 2.24) is 10.1 Å². The first kappa shape index (κ1) is 11.4. The number of nitrogens with zero attached hydrogens (tertiary/aromatic N) is 3. The second kappa shape index (κ2) is 4.45. The van der Waals surface area contributed by atoms with Crippen LogP contribution in [0.15, 0.2) is 22.7 Å². The molecule has 0 unspecified atom stereocenters. The molecule has 90 valence electrons. The molecule has 0 saturated carbocycles. The second-order valence-electron chi connectivity index (χ2n) is 3.99. The Balaban J connectivity index is 2.33. The van der Waals surface area contributed by atoms with E-state index in [-0.39, 0.29) is 0 Å². The minimum absolute atomic E-state index is 0.493. The zero-order chi connectivity index (χ0) is 12.4. The number of benzene rings is 1. The van der Waals surface area contributed by atoms with E-state index in [4.69, 9.17) is 10.3 Å². The van der Waals surface area contributed by atoms with E-state index in [0.29, 0.717) is 11.8 Å². The maximum absolute atomic E-state index is 5.85. The van der Waals surface area contributed by atoms with E-state index in [0.717, 1.165) is 23.4 Å². The molecule has 0 fully saturated rings. The third-order valence-corrected chi connectivity index (χ3v) is 2.76. The predicted molar refractivity (Wildman–Crippen MR) is 67.8 cm³/mol. The van der Waals surface area contributed by atoms with Gasteiger partial charge in [-0.3, -0.25) is 0 Å². The molecule has 5 heteroatoms. The molecule has 5 nitrogen and oxygen atoms in total. The third kappa shape index (κ3) is 2.22. The molecule has 0 aliphatic heterocycles. The highest BCUT2D eigenvalue weighted by Gasteiger charge is 2.11. The summed E-state index contributed by atoms with van der Waals surface area (Å²) in [5.74, 6) is 1.08. The number of nitrogen functional groups attached to an aromatic ring is 1. The molecule has 2 rings (SSSR count). The van der Waals surface area contributed by atoms with E-state index in [1.165, 1.54) is 0 Å². The molecule has 0 bridgehead atoms. The second-order valence-corrected chi connectivity index (χ2v) is 3.99. The molecule has 0 spiro atoms. The molecule has 1 aromatic carbocycles. The van der Waals surface area contributed by atoms with Gasteiger partial charge in [-0.15, -0.1) is 0 Å². The van der Waals surface area contributed by atoms with Crippen LogP contribution >= 0.6 is 0 Å². The van der Waals surface area contributed by atoms with Crippen LogP contribution in [0.1, 0.15) is 12.5 Å². The summed E-state index contributed by atoms with van der Waals surface area (Å²) in [6, 6.07) is 5.71.